The summed E-state index contributed by atoms with van der Waals surface area (Å²) in [7, 11) is 0. The second-order valence-electron chi connectivity index (χ2n) is 8.41. The van der Waals surface area contributed by atoms with Gasteiger partial charge < -0.3 is 25.7 Å². The number of nitriles is 1. The smallest absolute Gasteiger partial charge is 0.325 e. The average Bonchev–Trinajstić information content (AvgIpc) is 3.28. The van der Waals surface area contributed by atoms with Crippen molar-refractivity contribution < 1.29 is 23.8 Å². The molecular formula is C20H26N6O5. The highest BCUT2D eigenvalue weighted by molar-refractivity contribution is 5.79. The largest absolute Gasteiger partial charge is 0.461 e. The average molecular weight is 430 g/mol. The van der Waals surface area contributed by atoms with Crippen LogP contribution < -0.4 is 11.5 Å². The molecule has 166 valence electrons. The molecule has 0 aliphatic carbocycles. The Hall–Kier alpha value is -3.23. The molecule has 0 spiro atoms. The Bertz CT molecular complexity index is 1040. The van der Waals surface area contributed by atoms with Gasteiger partial charge in [-0.3, -0.25) is 9.59 Å². The van der Waals surface area contributed by atoms with Gasteiger partial charge in [0, 0.05) is 6.42 Å². The predicted molar refractivity (Wildman–Crippen MR) is 108 cm³/mol. The second-order valence-corrected chi connectivity index (χ2v) is 8.41. The highest BCUT2D eigenvalue weighted by Crippen LogP contribution is 2.41. The zero-order valence-corrected chi connectivity index (χ0v) is 17.9. The number of nitrogens with two attached hydrogens (primary N) is 2. The monoisotopic (exact) mass is 430 g/mol. The van der Waals surface area contributed by atoms with Gasteiger partial charge >= 0.3 is 11.9 Å². The van der Waals surface area contributed by atoms with Crippen LogP contribution >= 0.6 is 0 Å². The van der Waals surface area contributed by atoms with Crippen molar-refractivity contribution in [3.63, 3.8) is 0 Å². The van der Waals surface area contributed by atoms with E-state index in [9.17, 15) is 14.9 Å². The number of hydrogen-bond donors (Lipinski definition) is 2. The summed E-state index contributed by atoms with van der Waals surface area (Å²) >= 11 is 0. The van der Waals surface area contributed by atoms with Crippen LogP contribution in [-0.4, -0.2) is 50.9 Å². The van der Waals surface area contributed by atoms with Crippen LogP contribution in [0.3, 0.4) is 0 Å². The van der Waals surface area contributed by atoms with E-state index < -0.39 is 35.3 Å². The highest BCUT2D eigenvalue weighted by Gasteiger charge is 2.52. The molecule has 1 saturated heterocycles. The topological polar surface area (TPSA) is 168 Å². The number of ether oxygens (including phenoxy) is 3. The van der Waals surface area contributed by atoms with E-state index in [1.165, 1.54) is 24.7 Å². The van der Waals surface area contributed by atoms with Crippen LogP contribution in [0.25, 0.3) is 5.52 Å². The summed E-state index contributed by atoms with van der Waals surface area (Å²) in [6.07, 6.45) is -0.414. The Balaban J connectivity index is 1.94. The van der Waals surface area contributed by atoms with Crippen molar-refractivity contribution in [2.45, 2.75) is 57.5 Å². The number of anilines is 1. The van der Waals surface area contributed by atoms with Crippen LogP contribution in [0.4, 0.5) is 5.82 Å². The molecule has 1 aliphatic heterocycles. The van der Waals surface area contributed by atoms with Crippen molar-refractivity contribution >= 4 is 23.3 Å². The summed E-state index contributed by atoms with van der Waals surface area (Å²) in [4.78, 5) is 28.3. The summed E-state index contributed by atoms with van der Waals surface area (Å²) in [5, 5.41) is 14.2. The molecule has 2 aromatic heterocycles. The third-order valence-corrected chi connectivity index (χ3v) is 4.98. The van der Waals surface area contributed by atoms with Gasteiger partial charge in [0.15, 0.2) is 5.82 Å². The van der Waals surface area contributed by atoms with Crippen LogP contribution in [0.5, 0.6) is 0 Å². The van der Waals surface area contributed by atoms with Crippen LogP contribution in [-0.2, 0) is 29.4 Å². The Morgan fingerprint density at radius 3 is 2.77 bits per heavy atom. The first-order valence-corrected chi connectivity index (χ1v) is 9.83. The molecule has 3 rings (SSSR count). The Morgan fingerprint density at radius 1 is 1.45 bits per heavy atom. The lowest BCUT2D eigenvalue weighted by molar-refractivity contribution is -0.163. The molecule has 2 aromatic rings. The van der Waals surface area contributed by atoms with Crippen LogP contribution in [0.2, 0.25) is 0 Å². The van der Waals surface area contributed by atoms with Crippen molar-refractivity contribution in [1.29, 1.82) is 5.26 Å². The summed E-state index contributed by atoms with van der Waals surface area (Å²) in [6.45, 7) is 6.18. The molecule has 3 atom stereocenters. The predicted octanol–water partition coefficient (Wildman–Crippen LogP) is 0.668. The number of aromatic nitrogens is 3. The Labute approximate surface area is 179 Å². The van der Waals surface area contributed by atoms with Crippen LogP contribution in [0.15, 0.2) is 18.5 Å². The molecule has 31 heavy (non-hydrogen) atoms. The van der Waals surface area contributed by atoms with E-state index in [1.54, 1.807) is 26.0 Å². The molecule has 3 unspecified atom stereocenters. The van der Waals surface area contributed by atoms with Gasteiger partial charge in [0.1, 0.15) is 42.3 Å². The van der Waals surface area contributed by atoms with Gasteiger partial charge in [-0.2, -0.15) is 10.4 Å². The third-order valence-electron chi connectivity index (χ3n) is 4.98. The van der Waals surface area contributed by atoms with Crippen LogP contribution in [0, 0.1) is 17.2 Å². The number of rotatable bonds is 6. The minimum Gasteiger partial charge on any atom is -0.461 e. The summed E-state index contributed by atoms with van der Waals surface area (Å²) in [5.41, 5.74) is 9.85. The molecule has 11 nitrogen and oxygen atoms in total. The molecule has 4 N–H and O–H groups in total. The molecule has 0 bridgehead atoms. The number of fused-ring (bicyclic) bond motifs is 1. The van der Waals surface area contributed by atoms with Crippen molar-refractivity contribution in [1.82, 2.24) is 14.6 Å². The van der Waals surface area contributed by atoms with E-state index in [0.29, 0.717) is 11.2 Å². The van der Waals surface area contributed by atoms with E-state index >= 15 is 0 Å². The fourth-order valence-corrected chi connectivity index (χ4v) is 3.24. The first kappa shape index (κ1) is 22.5. The summed E-state index contributed by atoms with van der Waals surface area (Å²) < 4.78 is 18.4. The first-order chi connectivity index (χ1) is 14.5. The lowest BCUT2D eigenvalue weighted by Crippen LogP contribution is -2.44. The highest BCUT2D eigenvalue weighted by atomic mass is 16.6. The number of nitrogens with zero attached hydrogens (tertiary/aromatic N) is 4. The zero-order valence-electron chi connectivity index (χ0n) is 17.9. The van der Waals surface area contributed by atoms with Gasteiger partial charge in [-0.1, -0.05) is 13.8 Å². The number of nitrogen functional groups attached to an aromatic ring is 1. The normalized spacial score (nSPS) is 23.6. The van der Waals surface area contributed by atoms with Gasteiger partial charge in [-0.25, -0.2) is 9.50 Å². The fraction of sp³-hybridized carbons (Fsp3) is 0.550. The maximum atomic E-state index is 12.3. The number of hydrogen-bond acceptors (Lipinski definition) is 10. The molecule has 0 radical (unpaired) electrons. The SMILES string of the molecule is CC(C)C(=O)OC1CC(C#N)(c2ccc3c(N)ncnn23)OC1COC(=O)C(C)(C)N. The molecular weight excluding hydrogens is 404 g/mol. The lowest BCUT2D eigenvalue weighted by Gasteiger charge is -2.23. The van der Waals surface area contributed by atoms with Crippen molar-refractivity contribution in [3.05, 3.63) is 24.2 Å². The zero-order chi connectivity index (χ0) is 23.0. The maximum absolute atomic E-state index is 12.3. The quantitative estimate of drug-likeness (QED) is 0.621. The Morgan fingerprint density at radius 2 is 2.16 bits per heavy atom. The van der Waals surface area contributed by atoms with Crippen LogP contribution in [0.1, 0.15) is 39.8 Å². The number of esters is 2. The summed E-state index contributed by atoms with van der Waals surface area (Å²) in [6, 6.07) is 5.50. The molecule has 3 heterocycles. The van der Waals surface area contributed by atoms with E-state index in [2.05, 4.69) is 16.2 Å². The lowest BCUT2D eigenvalue weighted by atomic mass is 9.96. The van der Waals surface area contributed by atoms with Gasteiger partial charge in [0.25, 0.3) is 0 Å². The van der Waals surface area contributed by atoms with E-state index in [1.807, 2.05) is 0 Å². The molecule has 0 saturated carbocycles. The minimum absolute atomic E-state index is 0.0201. The van der Waals surface area contributed by atoms with Crippen molar-refractivity contribution in [2.75, 3.05) is 12.3 Å². The van der Waals surface area contributed by atoms with Crippen molar-refractivity contribution in [2.24, 2.45) is 11.7 Å². The van der Waals surface area contributed by atoms with Gasteiger partial charge in [0.05, 0.1) is 11.6 Å². The van der Waals surface area contributed by atoms with Gasteiger partial charge in [0.2, 0.25) is 5.60 Å². The first-order valence-electron chi connectivity index (χ1n) is 9.83. The summed E-state index contributed by atoms with van der Waals surface area (Å²) in [5.74, 6) is -1.24. The fourth-order valence-electron chi connectivity index (χ4n) is 3.24. The standard InChI is InChI=1S/C20H26N6O5/c1-11(2)17(27)30-13-7-20(9-21,31-14(13)8-29-18(28)19(3,4)23)15-6-5-12-16(22)24-10-25-26(12)15/h5-6,10-11,13-14H,7-8,23H2,1-4H3,(H2,22,24,25). The van der Waals surface area contributed by atoms with Gasteiger partial charge in [-0.15, -0.1) is 0 Å². The second kappa shape index (κ2) is 8.13. The maximum Gasteiger partial charge on any atom is 0.325 e. The van der Waals surface area contributed by atoms with E-state index in [4.69, 9.17) is 25.7 Å². The number of carbonyl (C=O) groups excluding carboxylic acids is 2. The minimum atomic E-state index is -1.51. The third kappa shape index (κ3) is 4.30. The molecule has 0 amide bonds. The molecule has 0 aromatic carbocycles. The van der Waals surface area contributed by atoms with E-state index in [-0.39, 0.29) is 24.8 Å². The molecule has 11 heteroatoms. The number of carbonyl (C=O) groups is 2. The van der Waals surface area contributed by atoms with E-state index in [0.717, 1.165) is 0 Å². The molecule has 1 fully saturated rings. The Kier molecular flexibility index (Phi) is 5.89. The molecule has 1 aliphatic rings. The van der Waals surface area contributed by atoms with Gasteiger partial charge in [-0.05, 0) is 26.0 Å². The van der Waals surface area contributed by atoms with Crippen molar-refractivity contribution in [3.8, 4) is 6.07 Å².